The second kappa shape index (κ2) is 6.60. The Labute approximate surface area is 168 Å². The van der Waals surface area contributed by atoms with Crippen molar-refractivity contribution in [2.75, 3.05) is 17.3 Å². The van der Waals surface area contributed by atoms with E-state index < -0.39 is 6.09 Å². The van der Waals surface area contributed by atoms with Gasteiger partial charge in [0, 0.05) is 35.2 Å². The smallest absolute Gasteiger partial charge is 0.419 e. The predicted molar refractivity (Wildman–Crippen MR) is 110 cm³/mol. The van der Waals surface area contributed by atoms with Gasteiger partial charge in [-0.3, -0.25) is 4.79 Å². The highest BCUT2D eigenvalue weighted by molar-refractivity contribution is 7.10. The number of piperidine rings is 1. The number of para-hydroxylation sites is 2. The number of benzene rings is 1. The summed E-state index contributed by atoms with van der Waals surface area (Å²) in [6.07, 6.45) is 3.62. The molecule has 28 heavy (non-hydrogen) atoms. The molecule has 3 aliphatic heterocycles. The van der Waals surface area contributed by atoms with E-state index in [4.69, 9.17) is 4.74 Å². The van der Waals surface area contributed by atoms with Crippen LogP contribution in [0.2, 0.25) is 0 Å². The zero-order valence-corrected chi connectivity index (χ0v) is 16.8. The van der Waals surface area contributed by atoms with Crippen LogP contribution >= 0.6 is 11.3 Å². The minimum absolute atomic E-state index is 0.0801. The van der Waals surface area contributed by atoms with E-state index in [1.54, 1.807) is 4.90 Å². The van der Waals surface area contributed by atoms with E-state index in [0.29, 0.717) is 34.7 Å². The van der Waals surface area contributed by atoms with Crippen molar-refractivity contribution >= 4 is 40.4 Å². The maximum Gasteiger partial charge on any atom is 0.419 e. The third-order valence-corrected chi connectivity index (χ3v) is 7.22. The van der Waals surface area contributed by atoms with E-state index in [0.717, 1.165) is 17.7 Å². The van der Waals surface area contributed by atoms with Crippen LogP contribution in [0.3, 0.4) is 0 Å². The molecule has 0 saturated carbocycles. The molecule has 2 aromatic rings. The number of amides is 2. The van der Waals surface area contributed by atoms with Crippen LogP contribution in [0, 0.1) is 6.92 Å². The Balaban J connectivity index is 1.49. The molecule has 1 N–H and O–H groups in total. The second-order valence-corrected chi connectivity index (χ2v) is 8.97. The number of hydrogen-bond acceptors (Lipinski definition) is 5. The molecular formula is C21H23N3O3S. The molecule has 2 amide bonds. The highest BCUT2D eigenvalue weighted by Crippen LogP contribution is 2.42. The molecule has 2 saturated heterocycles. The van der Waals surface area contributed by atoms with Crippen molar-refractivity contribution < 1.29 is 14.3 Å². The largest absolute Gasteiger partial charge is 0.445 e. The minimum atomic E-state index is -0.406. The zero-order chi connectivity index (χ0) is 19.4. The van der Waals surface area contributed by atoms with Gasteiger partial charge in [-0.2, -0.15) is 0 Å². The van der Waals surface area contributed by atoms with E-state index in [1.165, 1.54) is 24.2 Å². The van der Waals surface area contributed by atoms with Crippen molar-refractivity contribution in [3.8, 4) is 0 Å². The van der Waals surface area contributed by atoms with Crippen molar-refractivity contribution in [2.45, 2.75) is 50.8 Å². The standard InChI is InChI=1S/C21H23N3O3S/c1-12-19-18(11-28-12)24(17-6-4-3-5-16(17)22-20(19)25)21(26)27-15-9-13-7-8-14(10-15)23(13)2/h3-6,11,13-15H,7-10H2,1-2H3,(H,22,25). The van der Waals surface area contributed by atoms with E-state index in [-0.39, 0.29) is 12.0 Å². The number of aryl methyl sites for hydroxylation is 1. The van der Waals surface area contributed by atoms with Crippen molar-refractivity contribution in [3.05, 3.63) is 40.1 Å². The lowest BCUT2D eigenvalue weighted by Gasteiger charge is -2.36. The van der Waals surface area contributed by atoms with Crippen LogP contribution in [0.15, 0.2) is 29.6 Å². The summed E-state index contributed by atoms with van der Waals surface area (Å²) in [6.45, 7) is 1.90. The van der Waals surface area contributed by atoms with Gasteiger partial charge < -0.3 is 15.0 Å². The Bertz CT molecular complexity index is 942. The Morgan fingerprint density at radius 3 is 2.64 bits per heavy atom. The quantitative estimate of drug-likeness (QED) is 0.768. The number of fused-ring (bicyclic) bond motifs is 4. The summed E-state index contributed by atoms with van der Waals surface area (Å²) < 4.78 is 6.00. The van der Waals surface area contributed by atoms with Gasteiger partial charge in [-0.05, 0) is 38.9 Å². The van der Waals surface area contributed by atoms with Gasteiger partial charge >= 0.3 is 6.09 Å². The molecule has 2 unspecified atom stereocenters. The fourth-order valence-corrected chi connectivity index (χ4v) is 5.65. The Kier molecular flexibility index (Phi) is 4.17. The van der Waals surface area contributed by atoms with Crippen molar-refractivity contribution in [1.29, 1.82) is 0 Å². The maximum atomic E-state index is 13.3. The van der Waals surface area contributed by atoms with Crippen LogP contribution in [-0.4, -0.2) is 42.1 Å². The average molecular weight is 398 g/mol. The number of thiophene rings is 1. The molecule has 1 aromatic carbocycles. The van der Waals surface area contributed by atoms with E-state index in [9.17, 15) is 9.59 Å². The monoisotopic (exact) mass is 397 g/mol. The molecule has 146 valence electrons. The summed E-state index contributed by atoms with van der Waals surface area (Å²) in [7, 11) is 2.17. The highest BCUT2D eigenvalue weighted by Gasteiger charge is 2.41. The fraction of sp³-hybridized carbons (Fsp3) is 0.429. The number of nitrogens with one attached hydrogen (secondary N) is 1. The van der Waals surface area contributed by atoms with Gasteiger partial charge in [-0.15, -0.1) is 11.3 Å². The topological polar surface area (TPSA) is 61.9 Å². The van der Waals surface area contributed by atoms with Crippen LogP contribution in [-0.2, 0) is 4.74 Å². The second-order valence-electron chi connectivity index (χ2n) is 7.89. The summed E-state index contributed by atoms with van der Waals surface area (Å²) in [5, 5.41) is 4.80. The summed E-state index contributed by atoms with van der Waals surface area (Å²) in [5.41, 5.74) is 2.41. The molecule has 5 rings (SSSR count). The summed E-state index contributed by atoms with van der Waals surface area (Å²) in [5.74, 6) is -0.186. The molecule has 0 spiro atoms. The molecule has 2 fully saturated rings. The number of hydrogen-bond donors (Lipinski definition) is 1. The molecule has 7 heteroatoms. The van der Waals surface area contributed by atoms with Crippen LogP contribution < -0.4 is 10.2 Å². The van der Waals surface area contributed by atoms with Crippen LogP contribution in [0.4, 0.5) is 21.9 Å². The number of ether oxygens (including phenoxy) is 1. The molecule has 6 nitrogen and oxygen atoms in total. The molecule has 1 aromatic heterocycles. The van der Waals surface area contributed by atoms with Gasteiger partial charge in [0.25, 0.3) is 5.91 Å². The normalized spacial score (nSPS) is 26.3. The highest BCUT2D eigenvalue weighted by atomic mass is 32.1. The number of carbonyl (C=O) groups is 2. The third-order valence-electron chi connectivity index (χ3n) is 6.32. The van der Waals surface area contributed by atoms with Crippen LogP contribution in [0.1, 0.15) is 40.9 Å². The lowest BCUT2D eigenvalue weighted by atomic mass is 10.0. The molecular weight excluding hydrogens is 374 g/mol. The van der Waals surface area contributed by atoms with E-state index >= 15 is 0 Å². The molecule has 4 heterocycles. The lowest BCUT2D eigenvalue weighted by Crippen LogP contribution is -2.44. The SMILES string of the molecule is Cc1scc2c1C(=O)Nc1ccccc1N2C(=O)OC1CC2CCC(C1)N2C. The third kappa shape index (κ3) is 2.72. The first kappa shape index (κ1) is 17.7. The van der Waals surface area contributed by atoms with Crippen molar-refractivity contribution in [3.63, 3.8) is 0 Å². The van der Waals surface area contributed by atoms with E-state index in [1.807, 2.05) is 36.6 Å². The number of anilines is 3. The van der Waals surface area contributed by atoms with Crippen molar-refractivity contribution in [1.82, 2.24) is 4.90 Å². The van der Waals surface area contributed by atoms with Gasteiger partial charge in [0.1, 0.15) is 6.10 Å². The Morgan fingerprint density at radius 2 is 1.89 bits per heavy atom. The summed E-state index contributed by atoms with van der Waals surface area (Å²) in [4.78, 5) is 31.0. The van der Waals surface area contributed by atoms with Gasteiger partial charge in [-0.25, -0.2) is 9.69 Å². The van der Waals surface area contributed by atoms with Crippen molar-refractivity contribution in [2.24, 2.45) is 0 Å². The lowest BCUT2D eigenvalue weighted by molar-refractivity contribution is 0.0327. The van der Waals surface area contributed by atoms with Gasteiger partial charge in [-0.1, -0.05) is 12.1 Å². The number of nitrogens with zero attached hydrogens (tertiary/aromatic N) is 2. The first-order chi connectivity index (χ1) is 13.5. The average Bonchev–Trinajstić information content (AvgIpc) is 3.07. The molecule has 0 aliphatic carbocycles. The number of rotatable bonds is 1. The summed E-state index contributed by atoms with van der Waals surface area (Å²) >= 11 is 1.47. The number of carbonyl (C=O) groups excluding carboxylic acids is 2. The maximum absolute atomic E-state index is 13.3. The van der Waals surface area contributed by atoms with E-state index in [2.05, 4.69) is 17.3 Å². The Morgan fingerprint density at radius 1 is 1.18 bits per heavy atom. The molecule has 3 aliphatic rings. The molecule has 2 atom stereocenters. The van der Waals surface area contributed by atoms with Gasteiger partial charge in [0.15, 0.2) is 0 Å². The zero-order valence-electron chi connectivity index (χ0n) is 16.0. The first-order valence-electron chi connectivity index (χ1n) is 9.74. The fourth-order valence-electron chi connectivity index (χ4n) is 4.82. The molecule has 2 bridgehead atoms. The molecule has 0 radical (unpaired) electrons. The van der Waals surface area contributed by atoms with Gasteiger partial charge in [0.2, 0.25) is 0 Å². The Hall–Kier alpha value is -2.38. The predicted octanol–water partition coefficient (Wildman–Crippen LogP) is 4.52. The summed E-state index contributed by atoms with van der Waals surface area (Å²) in [6, 6.07) is 8.37. The first-order valence-corrected chi connectivity index (χ1v) is 10.6. The van der Waals surface area contributed by atoms with Gasteiger partial charge in [0.05, 0.1) is 22.6 Å². The minimum Gasteiger partial charge on any atom is -0.445 e. The van der Waals surface area contributed by atoms with Crippen LogP contribution in [0.25, 0.3) is 0 Å². The van der Waals surface area contributed by atoms with Crippen LogP contribution in [0.5, 0.6) is 0 Å².